The normalized spacial score (nSPS) is 19.2. The molecule has 1 saturated heterocycles. The number of nitrogens with zero attached hydrogens (tertiary/aromatic N) is 1. The number of nitrogens with one attached hydrogen (secondary N) is 2. The van der Waals surface area contributed by atoms with E-state index < -0.39 is 31.5 Å². The largest absolute Gasteiger partial charge is 0.504 e. The van der Waals surface area contributed by atoms with Crippen LogP contribution in [0.2, 0.25) is 5.02 Å². The fraction of sp³-hybridized carbons (Fsp3) is 0.524. The van der Waals surface area contributed by atoms with E-state index in [0.29, 0.717) is 10.9 Å². The Balaban J connectivity index is 1.92. The molecule has 33 heavy (non-hydrogen) atoms. The molecule has 2 atom stereocenters. The number of hydrogen-bond donors (Lipinski definition) is 3. The lowest BCUT2D eigenvalue weighted by atomic mass is 10.0. The third kappa shape index (κ3) is 4.73. The molecule has 1 aliphatic rings. The van der Waals surface area contributed by atoms with Gasteiger partial charge in [0.05, 0.1) is 35.6 Å². The van der Waals surface area contributed by atoms with Gasteiger partial charge in [0.15, 0.2) is 5.75 Å². The second-order valence-corrected chi connectivity index (χ2v) is 10.8. The smallest absolute Gasteiger partial charge is 0.269 e. The van der Waals surface area contributed by atoms with Crippen molar-refractivity contribution in [2.75, 3.05) is 24.8 Å². The van der Waals surface area contributed by atoms with Crippen molar-refractivity contribution in [2.24, 2.45) is 0 Å². The molecule has 0 radical (unpaired) electrons. The molecule has 0 amide bonds. The van der Waals surface area contributed by atoms with Crippen molar-refractivity contribution < 1.29 is 23.1 Å². The van der Waals surface area contributed by atoms with Gasteiger partial charge in [-0.05, 0) is 45.2 Å². The molecule has 3 rings (SSSR count). The lowest BCUT2D eigenvalue weighted by Crippen LogP contribution is -2.42. The Kier molecular flexibility index (Phi) is 7.11. The number of phenols is 1. The van der Waals surface area contributed by atoms with Crippen LogP contribution in [0.3, 0.4) is 0 Å². The molecule has 1 aliphatic heterocycles. The average molecular weight is 502 g/mol. The quantitative estimate of drug-likeness (QED) is 0.269. The van der Waals surface area contributed by atoms with Crippen LogP contribution in [-0.2, 0) is 19.6 Å². The van der Waals surface area contributed by atoms with Gasteiger partial charge in [0, 0.05) is 7.05 Å². The summed E-state index contributed by atoms with van der Waals surface area (Å²) in [5.41, 5.74) is -1.86. The number of benzene rings is 1. The molecule has 0 unspecified atom stereocenters. The molecule has 182 valence electrons. The third-order valence-electron chi connectivity index (χ3n) is 5.83. The first-order chi connectivity index (χ1) is 15.3. The van der Waals surface area contributed by atoms with Crippen molar-refractivity contribution >= 4 is 38.7 Å². The fourth-order valence-electron chi connectivity index (χ4n) is 3.85. The molecule has 0 bridgehead atoms. The maximum atomic E-state index is 12.7. The maximum Gasteiger partial charge on any atom is 0.269 e. The summed E-state index contributed by atoms with van der Waals surface area (Å²) in [6, 6.07) is 2.35. The summed E-state index contributed by atoms with van der Waals surface area (Å²) in [4.78, 5) is 28.7. The van der Waals surface area contributed by atoms with Gasteiger partial charge in [0.25, 0.3) is 20.9 Å². The summed E-state index contributed by atoms with van der Waals surface area (Å²) in [6.07, 6.45) is 2.20. The van der Waals surface area contributed by atoms with E-state index in [4.69, 9.17) is 21.2 Å². The van der Waals surface area contributed by atoms with Gasteiger partial charge in [0.1, 0.15) is 16.3 Å². The first-order valence-corrected chi connectivity index (χ1v) is 12.2. The number of phenolic OH excluding ortho intramolecular Hbond substituents is 1. The zero-order valence-corrected chi connectivity index (χ0v) is 20.6. The zero-order valence-electron chi connectivity index (χ0n) is 19.1. The van der Waals surface area contributed by atoms with Crippen LogP contribution in [0, 0.1) is 0 Å². The minimum absolute atomic E-state index is 0.0629. The van der Waals surface area contributed by atoms with E-state index in [0.717, 1.165) is 27.0 Å². The van der Waals surface area contributed by atoms with Crippen molar-refractivity contribution in [1.82, 2.24) is 4.47 Å². The molecule has 2 aromatic rings. The standard InChI is InChI=1S/C21H28ClN3O7S/c1-6-12(14-9-10-21(2,3)32-14)23-15-16(19(28)18(15)27)24-13-8-7-11(22)20(17(13)26)33(29,30)25(4)31-5/h7-8,12,14,23-24,26H,6,9-10H2,1-5H3/t12-,14-/m1/s1. The summed E-state index contributed by atoms with van der Waals surface area (Å²) in [5, 5.41) is 16.2. The predicted molar refractivity (Wildman–Crippen MR) is 126 cm³/mol. The van der Waals surface area contributed by atoms with Crippen LogP contribution in [0.15, 0.2) is 26.6 Å². The lowest BCUT2D eigenvalue weighted by Gasteiger charge is -2.28. The third-order valence-corrected chi connectivity index (χ3v) is 8.01. The van der Waals surface area contributed by atoms with Gasteiger partial charge in [-0.1, -0.05) is 23.0 Å². The molecule has 3 N–H and O–H groups in total. The van der Waals surface area contributed by atoms with Gasteiger partial charge >= 0.3 is 0 Å². The molecule has 2 aromatic carbocycles. The van der Waals surface area contributed by atoms with E-state index in [1.165, 1.54) is 12.1 Å². The highest BCUT2D eigenvalue weighted by molar-refractivity contribution is 7.89. The second kappa shape index (κ2) is 9.22. The molecule has 0 aromatic heterocycles. The van der Waals surface area contributed by atoms with Crippen LogP contribution in [0.5, 0.6) is 5.75 Å². The van der Waals surface area contributed by atoms with Gasteiger partial charge in [-0.15, -0.1) is 0 Å². The van der Waals surface area contributed by atoms with Crippen LogP contribution in [0.1, 0.15) is 40.0 Å². The first-order valence-electron chi connectivity index (χ1n) is 10.4. The molecule has 1 heterocycles. The highest BCUT2D eigenvalue weighted by atomic mass is 35.5. The summed E-state index contributed by atoms with van der Waals surface area (Å²) in [6.45, 7) is 5.94. The summed E-state index contributed by atoms with van der Waals surface area (Å²) < 4.78 is 31.9. The molecule has 0 saturated carbocycles. The van der Waals surface area contributed by atoms with Crippen LogP contribution in [0.4, 0.5) is 17.1 Å². The highest BCUT2D eigenvalue weighted by Gasteiger charge is 2.37. The van der Waals surface area contributed by atoms with Crippen molar-refractivity contribution in [3.63, 3.8) is 0 Å². The van der Waals surface area contributed by atoms with E-state index in [-0.39, 0.29) is 39.8 Å². The molecule has 0 aliphatic carbocycles. The minimum Gasteiger partial charge on any atom is -0.504 e. The number of aromatic hydroxyl groups is 1. The lowest BCUT2D eigenvalue weighted by molar-refractivity contribution is -0.0259. The van der Waals surface area contributed by atoms with Crippen LogP contribution in [-0.4, -0.2) is 49.9 Å². The van der Waals surface area contributed by atoms with Gasteiger partial charge in [-0.25, -0.2) is 8.42 Å². The summed E-state index contributed by atoms with van der Waals surface area (Å²) in [7, 11) is -2.01. The highest BCUT2D eigenvalue weighted by Crippen LogP contribution is 2.40. The van der Waals surface area contributed by atoms with Gasteiger partial charge < -0.3 is 20.5 Å². The number of halogens is 1. The number of hydrogen-bond acceptors (Lipinski definition) is 9. The van der Waals surface area contributed by atoms with Crippen LogP contribution in [0.25, 0.3) is 0 Å². The number of sulfonamides is 1. The van der Waals surface area contributed by atoms with Gasteiger partial charge in [-0.2, -0.15) is 0 Å². The van der Waals surface area contributed by atoms with Crippen molar-refractivity contribution in [2.45, 2.75) is 62.7 Å². The van der Waals surface area contributed by atoms with Gasteiger partial charge in [0.2, 0.25) is 0 Å². The molecule has 10 nitrogen and oxygen atoms in total. The maximum absolute atomic E-state index is 12.7. The van der Waals surface area contributed by atoms with E-state index in [2.05, 4.69) is 10.6 Å². The van der Waals surface area contributed by atoms with Gasteiger partial charge in [-0.3, -0.25) is 14.4 Å². The van der Waals surface area contributed by atoms with Crippen molar-refractivity contribution in [1.29, 1.82) is 0 Å². The molecular formula is C21H28ClN3O7S. The second-order valence-electron chi connectivity index (χ2n) is 8.52. The number of rotatable bonds is 9. The number of anilines is 3. The number of ether oxygens (including phenoxy) is 1. The fourth-order valence-corrected chi connectivity index (χ4v) is 5.41. The monoisotopic (exact) mass is 501 g/mol. The zero-order chi connectivity index (χ0) is 24.7. The summed E-state index contributed by atoms with van der Waals surface area (Å²) >= 11 is 6.03. The Morgan fingerprint density at radius 2 is 1.94 bits per heavy atom. The van der Waals surface area contributed by atoms with E-state index in [1.54, 1.807) is 0 Å². The number of hydroxylamine groups is 1. The van der Waals surface area contributed by atoms with E-state index >= 15 is 0 Å². The van der Waals surface area contributed by atoms with E-state index in [1.807, 2.05) is 20.8 Å². The first kappa shape index (κ1) is 25.4. The SMILES string of the molecule is CC[C@@H](Nc1c(Nc2ccc(Cl)c(S(=O)(=O)N(C)OC)c2O)c(=O)c1=O)[C@H]1CCC(C)(C)O1. The summed E-state index contributed by atoms with van der Waals surface area (Å²) in [5.74, 6) is -0.710. The Morgan fingerprint density at radius 1 is 1.30 bits per heavy atom. The Morgan fingerprint density at radius 3 is 2.48 bits per heavy atom. The van der Waals surface area contributed by atoms with E-state index in [9.17, 15) is 23.1 Å². The van der Waals surface area contributed by atoms with Crippen LogP contribution < -0.4 is 21.5 Å². The van der Waals surface area contributed by atoms with Crippen LogP contribution >= 0.6 is 11.6 Å². The molecular weight excluding hydrogens is 474 g/mol. The Labute approximate surface area is 197 Å². The molecule has 12 heteroatoms. The molecule has 0 spiro atoms. The predicted octanol–water partition coefficient (Wildman–Crippen LogP) is 2.72. The minimum atomic E-state index is -4.29. The molecule has 1 fully saturated rings. The topological polar surface area (TPSA) is 134 Å². The Bertz CT molecular complexity index is 1220. The Hall–Kier alpha value is -2.18. The average Bonchev–Trinajstić information content (AvgIpc) is 3.12. The van der Waals surface area contributed by atoms with Crippen molar-refractivity contribution in [3.05, 3.63) is 37.6 Å². The van der Waals surface area contributed by atoms with Crippen molar-refractivity contribution in [3.8, 4) is 5.75 Å².